The zero-order chi connectivity index (χ0) is 21.0. The van der Waals surface area contributed by atoms with Gasteiger partial charge in [0.1, 0.15) is 11.0 Å². The summed E-state index contributed by atoms with van der Waals surface area (Å²) in [5.74, 6) is -9.49. The van der Waals surface area contributed by atoms with E-state index in [2.05, 4.69) is 15.3 Å². The highest BCUT2D eigenvalue weighted by Crippen LogP contribution is 2.46. The summed E-state index contributed by atoms with van der Waals surface area (Å²) in [6.07, 6.45) is -4.69. The molecule has 1 saturated heterocycles. The van der Waals surface area contributed by atoms with Gasteiger partial charge in [-0.3, -0.25) is 4.98 Å². The van der Waals surface area contributed by atoms with Gasteiger partial charge in [0.05, 0.1) is 5.56 Å². The zero-order valence-corrected chi connectivity index (χ0v) is 14.6. The van der Waals surface area contributed by atoms with Crippen LogP contribution in [0.3, 0.4) is 0 Å². The van der Waals surface area contributed by atoms with Crippen molar-refractivity contribution in [1.82, 2.24) is 15.3 Å². The van der Waals surface area contributed by atoms with Crippen LogP contribution in [0.2, 0.25) is 0 Å². The predicted molar refractivity (Wildman–Crippen MR) is 92.0 cm³/mol. The Morgan fingerprint density at radius 1 is 0.931 bits per heavy atom. The Balaban J connectivity index is 2.06. The first-order valence-corrected chi connectivity index (χ1v) is 8.60. The number of benzene rings is 1. The van der Waals surface area contributed by atoms with Crippen molar-refractivity contribution in [3.05, 3.63) is 41.6 Å². The summed E-state index contributed by atoms with van der Waals surface area (Å²) < 4.78 is 94.9. The number of piperazine rings is 1. The molecule has 1 N–H and O–H groups in total. The SMILES string of the molecule is Fc1c(C(F)(F)C(F)(F)F)cc2c(nc(N3CCNCC3)c3ncccc32)c1F. The largest absolute Gasteiger partial charge is 0.458 e. The molecule has 4 nitrogen and oxygen atoms in total. The minimum atomic E-state index is -6.09. The van der Waals surface area contributed by atoms with E-state index in [0.717, 1.165) is 0 Å². The Morgan fingerprint density at radius 2 is 1.62 bits per heavy atom. The van der Waals surface area contributed by atoms with Crippen LogP contribution in [0.15, 0.2) is 24.4 Å². The molecule has 29 heavy (non-hydrogen) atoms. The number of hydrogen-bond donors (Lipinski definition) is 1. The van der Waals surface area contributed by atoms with Crippen molar-refractivity contribution in [3.63, 3.8) is 0 Å². The predicted octanol–water partition coefficient (Wildman–Crippen LogP) is 4.12. The van der Waals surface area contributed by atoms with Crippen LogP contribution in [0.1, 0.15) is 5.56 Å². The van der Waals surface area contributed by atoms with Crippen LogP contribution in [-0.2, 0) is 5.92 Å². The van der Waals surface area contributed by atoms with Crippen LogP contribution in [0.4, 0.5) is 36.6 Å². The highest BCUT2D eigenvalue weighted by atomic mass is 19.4. The van der Waals surface area contributed by atoms with Gasteiger partial charge >= 0.3 is 12.1 Å². The third-order valence-electron chi connectivity index (χ3n) is 4.82. The summed E-state index contributed by atoms with van der Waals surface area (Å²) in [5, 5.41) is 2.85. The molecule has 1 fully saturated rings. The highest BCUT2D eigenvalue weighted by molar-refractivity contribution is 6.09. The molecule has 0 amide bonds. The van der Waals surface area contributed by atoms with Crippen molar-refractivity contribution in [3.8, 4) is 0 Å². The van der Waals surface area contributed by atoms with Gasteiger partial charge in [-0.2, -0.15) is 22.0 Å². The van der Waals surface area contributed by atoms with Gasteiger partial charge in [-0.05, 0) is 12.1 Å². The van der Waals surface area contributed by atoms with Gasteiger partial charge in [-0.25, -0.2) is 13.8 Å². The lowest BCUT2D eigenvalue weighted by Gasteiger charge is -2.29. The number of nitrogens with one attached hydrogen (secondary N) is 1. The van der Waals surface area contributed by atoms with Crippen molar-refractivity contribution >= 4 is 27.6 Å². The Kier molecular flexibility index (Phi) is 4.52. The van der Waals surface area contributed by atoms with E-state index in [4.69, 9.17) is 0 Å². The first-order chi connectivity index (χ1) is 13.6. The molecule has 0 unspecified atom stereocenters. The van der Waals surface area contributed by atoms with Crippen molar-refractivity contribution in [2.24, 2.45) is 0 Å². The van der Waals surface area contributed by atoms with E-state index in [0.29, 0.717) is 32.2 Å². The van der Waals surface area contributed by atoms with Crippen molar-refractivity contribution in [2.45, 2.75) is 12.1 Å². The number of hydrogen-bond acceptors (Lipinski definition) is 4. The second kappa shape index (κ2) is 6.68. The lowest BCUT2D eigenvalue weighted by atomic mass is 10.0. The number of pyridine rings is 2. The molecular formula is C18H13F7N4. The van der Waals surface area contributed by atoms with Gasteiger partial charge in [0.15, 0.2) is 17.5 Å². The second-order valence-electron chi connectivity index (χ2n) is 6.59. The first-order valence-electron chi connectivity index (χ1n) is 8.60. The molecule has 3 heterocycles. The van der Waals surface area contributed by atoms with Gasteiger partial charge < -0.3 is 10.2 Å². The molecule has 0 atom stereocenters. The summed E-state index contributed by atoms with van der Waals surface area (Å²) in [6, 6.07) is 3.12. The van der Waals surface area contributed by atoms with Gasteiger partial charge in [-0.1, -0.05) is 6.07 Å². The maximum atomic E-state index is 14.7. The van der Waals surface area contributed by atoms with E-state index in [1.165, 1.54) is 18.3 Å². The molecule has 1 aliphatic heterocycles. The fourth-order valence-electron chi connectivity index (χ4n) is 3.37. The number of halogens is 7. The standard InChI is InChI=1S/C18H13F7N4/c19-12-11(17(21,22)18(23,24)25)8-10-9-2-1-3-27-15(9)16(28-14(10)13(12)20)29-6-4-26-5-7-29/h1-3,8,26H,4-7H2. The Hall–Kier alpha value is -2.69. The smallest absolute Gasteiger partial charge is 0.352 e. The topological polar surface area (TPSA) is 41.1 Å². The molecule has 4 rings (SSSR count). The van der Waals surface area contributed by atoms with Crippen LogP contribution in [0.5, 0.6) is 0 Å². The average molecular weight is 418 g/mol. The Bertz CT molecular complexity index is 1090. The maximum Gasteiger partial charge on any atom is 0.458 e. The lowest BCUT2D eigenvalue weighted by molar-refractivity contribution is -0.290. The monoisotopic (exact) mass is 418 g/mol. The molecule has 154 valence electrons. The molecule has 11 heteroatoms. The van der Waals surface area contributed by atoms with Crippen molar-refractivity contribution < 1.29 is 30.7 Å². The molecule has 0 bridgehead atoms. The number of aromatic nitrogens is 2. The van der Waals surface area contributed by atoms with E-state index in [9.17, 15) is 30.7 Å². The van der Waals surface area contributed by atoms with Crippen LogP contribution in [0, 0.1) is 11.6 Å². The Labute approximate surface area is 159 Å². The molecule has 0 radical (unpaired) electrons. The third-order valence-corrected chi connectivity index (χ3v) is 4.82. The van der Waals surface area contributed by atoms with Gasteiger partial charge in [0.25, 0.3) is 0 Å². The number of anilines is 1. The summed E-state index contributed by atoms with van der Waals surface area (Å²) >= 11 is 0. The summed E-state index contributed by atoms with van der Waals surface area (Å²) in [5.41, 5.74) is -2.51. The molecule has 0 spiro atoms. The normalized spacial score (nSPS) is 16.0. The van der Waals surface area contributed by atoms with Gasteiger partial charge in [-0.15, -0.1) is 0 Å². The van der Waals surface area contributed by atoms with E-state index in [1.807, 2.05) is 0 Å². The minimum absolute atomic E-state index is 0.101. The fourth-order valence-corrected chi connectivity index (χ4v) is 3.37. The van der Waals surface area contributed by atoms with Crippen molar-refractivity contribution in [2.75, 3.05) is 31.1 Å². The summed E-state index contributed by atoms with van der Waals surface area (Å²) in [6.45, 7) is 2.17. The second-order valence-corrected chi connectivity index (χ2v) is 6.59. The minimum Gasteiger partial charge on any atom is -0.352 e. The van der Waals surface area contributed by atoms with Crippen LogP contribution in [-0.4, -0.2) is 42.3 Å². The van der Waals surface area contributed by atoms with E-state index >= 15 is 0 Å². The quantitative estimate of drug-likeness (QED) is 0.502. The fraction of sp³-hybridized carbons (Fsp3) is 0.333. The molecule has 0 aliphatic carbocycles. The van der Waals surface area contributed by atoms with E-state index < -0.39 is 34.8 Å². The van der Waals surface area contributed by atoms with Crippen LogP contribution >= 0.6 is 0 Å². The van der Waals surface area contributed by atoms with Crippen LogP contribution in [0.25, 0.3) is 21.8 Å². The van der Waals surface area contributed by atoms with E-state index in [-0.39, 0.29) is 22.1 Å². The molecule has 1 aliphatic rings. The summed E-state index contributed by atoms with van der Waals surface area (Å²) in [4.78, 5) is 9.98. The molecular weight excluding hydrogens is 405 g/mol. The molecule has 1 aromatic carbocycles. The van der Waals surface area contributed by atoms with Crippen molar-refractivity contribution in [1.29, 1.82) is 0 Å². The van der Waals surface area contributed by atoms with Gasteiger partial charge in [0, 0.05) is 43.1 Å². The Morgan fingerprint density at radius 3 is 2.28 bits per heavy atom. The van der Waals surface area contributed by atoms with Crippen LogP contribution < -0.4 is 10.2 Å². The highest BCUT2D eigenvalue weighted by Gasteiger charge is 2.60. The number of fused-ring (bicyclic) bond motifs is 3. The third kappa shape index (κ3) is 3.04. The van der Waals surface area contributed by atoms with E-state index in [1.54, 1.807) is 4.90 Å². The van der Waals surface area contributed by atoms with Gasteiger partial charge in [0.2, 0.25) is 0 Å². The molecule has 0 saturated carbocycles. The number of rotatable bonds is 2. The zero-order valence-electron chi connectivity index (χ0n) is 14.6. The lowest BCUT2D eigenvalue weighted by Crippen LogP contribution is -2.44. The summed E-state index contributed by atoms with van der Waals surface area (Å²) in [7, 11) is 0. The molecule has 2 aromatic heterocycles. The number of nitrogens with zero attached hydrogens (tertiary/aromatic N) is 3. The average Bonchev–Trinajstić information content (AvgIpc) is 2.69. The first kappa shape index (κ1) is 19.6. The molecule has 3 aromatic rings. The number of alkyl halides is 5. The maximum absolute atomic E-state index is 14.7.